The zero-order valence-corrected chi connectivity index (χ0v) is 16.3. The summed E-state index contributed by atoms with van der Waals surface area (Å²) in [6, 6.07) is 7.46. The van der Waals surface area contributed by atoms with Gasteiger partial charge in [-0.2, -0.15) is 0 Å². The van der Waals surface area contributed by atoms with Crippen molar-refractivity contribution in [2.24, 2.45) is 0 Å². The Labute approximate surface area is 163 Å². The highest BCUT2D eigenvalue weighted by Gasteiger charge is 2.15. The van der Waals surface area contributed by atoms with Gasteiger partial charge in [-0.25, -0.2) is 4.98 Å². The van der Waals surface area contributed by atoms with Crippen molar-refractivity contribution < 1.29 is 9.59 Å². The number of nitrogens with zero attached hydrogens (tertiary/aromatic N) is 3. The second-order valence-corrected chi connectivity index (χ2v) is 7.53. The average molecular weight is 388 g/mol. The third-order valence-electron chi connectivity index (χ3n) is 4.47. The lowest BCUT2D eigenvalue weighted by atomic mass is 10.2. The molecule has 1 aliphatic rings. The Morgan fingerprint density at radius 2 is 2.00 bits per heavy atom. The number of nitrogens with one attached hydrogen (secondary N) is 2. The number of hydrogen-bond donors (Lipinski definition) is 2. The summed E-state index contributed by atoms with van der Waals surface area (Å²) in [6.45, 7) is 4.47. The fraction of sp³-hybridized carbons (Fsp3) is 0.421. The van der Waals surface area contributed by atoms with Crippen LogP contribution in [0.1, 0.15) is 22.5 Å². The molecule has 2 amide bonds. The van der Waals surface area contributed by atoms with Crippen molar-refractivity contribution in [3.63, 3.8) is 0 Å². The quantitative estimate of drug-likeness (QED) is 0.711. The van der Waals surface area contributed by atoms with E-state index in [4.69, 9.17) is 0 Å². The fourth-order valence-electron chi connectivity index (χ4n) is 2.85. The van der Waals surface area contributed by atoms with Gasteiger partial charge in [-0.1, -0.05) is 6.07 Å². The van der Waals surface area contributed by atoms with Gasteiger partial charge in [-0.15, -0.1) is 11.3 Å². The largest absolute Gasteiger partial charge is 0.354 e. The normalized spacial score (nSPS) is 14.8. The molecule has 0 unspecified atom stereocenters. The minimum absolute atomic E-state index is 0.0745. The Bertz CT molecular complexity index is 740. The molecule has 2 aromatic heterocycles. The maximum absolute atomic E-state index is 12.0. The number of carbonyl (C=O) groups excluding carboxylic acids is 2. The number of likely N-dealkylation sites (N-methyl/N-ethyl adjacent to an activating group) is 1. The number of piperazine rings is 1. The van der Waals surface area contributed by atoms with Crippen molar-refractivity contribution in [1.29, 1.82) is 0 Å². The molecule has 0 saturated carbocycles. The summed E-state index contributed by atoms with van der Waals surface area (Å²) >= 11 is 1.40. The van der Waals surface area contributed by atoms with E-state index in [0.717, 1.165) is 32.0 Å². The molecular formula is C19H25N5O2S. The molecule has 7 nitrogen and oxygen atoms in total. The predicted octanol–water partition coefficient (Wildman–Crippen LogP) is 2.04. The molecule has 0 aliphatic carbocycles. The summed E-state index contributed by atoms with van der Waals surface area (Å²) in [5, 5.41) is 7.54. The molecule has 0 spiro atoms. The van der Waals surface area contributed by atoms with Gasteiger partial charge in [0.05, 0.1) is 16.8 Å². The van der Waals surface area contributed by atoms with Crippen molar-refractivity contribution in [2.75, 3.05) is 50.0 Å². The highest BCUT2D eigenvalue weighted by Crippen LogP contribution is 2.16. The summed E-state index contributed by atoms with van der Waals surface area (Å²) in [5.41, 5.74) is 0.695. The minimum Gasteiger partial charge on any atom is -0.354 e. The van der Waals surface area contributed by atoms with Gasteiger partial charge in [-0.05, 0) is 37.0 Å². The fourth-order valence-corrected chi connectivity index (χ4v) is 3.49. The topological polar surface area (TPSA) is 77.6 Å². The lowest BCUT2D eigenvalue weighted by molar-refractivity contribution is -0.116. The van der Waals surface area contributed by atoms with Crippen LogP contribution in [-0.2, 0) is 4.79 Å². The first-order valence-electron chi connectivity index (χ1n) is 9.13. The first-order chi connectivity index (χ1) is 13.1. The Morgan fingerprint density at radius 3 is 2.67 bits per heavy atom. The SMILES string of the molecule is CN1CCN(c2ccc(NC(=O)CCCNC(=O)c3cccs3)cn2)CC1. The zero-order valence-electron chi connectivity index (χ0n) is 15.5. The highest BCUT2D eigenvalue weighted by atomic mass is 32.1. The molecule has 0 atom stereocenters. The van der Waals surface area contributed by atoms with Crippen LogP contribution < -0.4 is 15.5 Å². The van der Waals surface area contributed by atoms with E-state index >= 15 is 0 Å². The Kier molecular flexibility index (Phi) is 6.78. The molecule has 8 heteroatoms. The van der Waals surface area contributed by atoms with E-state index in [2.05, 4.69) is 32.5 Å². The van der Waals surface area contributed by atoms with Crippen LogP contribution in [-0.4, -0.2) is 61.5 Å². The summed E-state index contributed by atoms with van der Waals surface area (Å²) < 4.78 is 0. The van der Waals surface area contributed by atoms with Crippen LogP contribution in [0.3, 0.4) is 0 Å². The van der Waals surface area contributed by atoms with Gasteiger partial charge < -0.3 is 20.4 Å². The van der Waals surface area contributed by atoms with Crippen molar-refractivity contribution in [2.45, 2.75) is 12.8 Å². The van der Waals surface area contributed by atoms with Crippen molar-refractivity contribution in [1.82, 2.24) is 15.2 Å². The number of anilines is 2. The molecule has 0 radical (unpaired) electrons. The Balaban J connectivity index is 1.37. The maximum atomic E-state index is 12.0. The molecule has 1 fully saturated rings. The lowest BCUT2D eigenvalue weighted by Gasteiger charge is -2.33. The number of rotatable bonds is 7. The molecule has 2 N–H and O–H groups in total. The first-order valence-corrected chi connectivity index (χ1v) is 10.0. The third kappa shape index (κ3) is 5.77. The average Bonchev–Trinajstić information content (AvgIpc) is 3.21. The lowest BCUT2D eigenvalue weighted by Crippen LogP contribution is -2.44. The van der Waals surface area contributed by atoms with Gasteiger partial charge in [0.1, 0.15) is 5.82 Å². The molecule has 2 aromatic rings. The van der Waals surface area contributed by atoms with E-state index in [1.54, 1.807) is 12.3 Å². The summed E-state index contributed by atoms with van der Waals surface area (Å²) in [7, 11) is 2.12. The van der Waals surface area contributed by atoms with Gasteiger partial charge >= 0.3 is 0 Å². The van der Waals surface area contributed by atoms with Gasteiger partial charge in [0, 0.05) is 39.1 Å². The second kappa shape index (κ2) is 9.48. The Morgan fingerprint density at radius 1 is 1.19 bits per heavy atom. The monoisotopic (exact) mass is 387 g/mol. The number of carbonyl (C=O) groups is 2. The summed E-state index contributed by atoms with van der Waals surface area (Å²) in [6.07, 6.45) is 2.64. The van der Waals surface area contributed by atoms with Gasteiger partial charge in [0.2, 0.25) is 5.91 Å². The standard InChI is InChI=1S/C19H25N5O2S/c1-23-9-11-24(12-10-23)17-7-6-15(14-21-17)22-18(25)5-2-8-20-19(26)16-4-3-13-27-16/h3-4,6-7,13-14H,2,5,8-12H2,1H3,(H,20,26)(H,22,25). The number of amides is 2. The van der Waals surface area contributed by atoms with Crippen LogP contribution in [0, 0.1) is 0 Å². The van der Waals surface area contributed by atoms with Crippen LogP contribution in [0.2, 0.25) is 0 Å². The van der Waals surface area contributed by atoms with Crippen LogP contribution in [0.15, 0.2) is 35.8 Å². The van der Waals surface area contributed by atoms with Crippen LogP contribution in [0.25, 0.3) is 0 Å². The molecule has 1 aliphatic heterocycles. The smallest absolute Gasteiger partial charge is 0.261 e. The molecule has 3 rings (SSSR count). The van der Waals surface area contributed by atoms with Gasteiger partial charge in [0.25, 0.3) is 5.91 Å². The number of thiophene rings is 1. The highest BCUT2D eigenvalue weighted by molar-refractivity contribution is 7.12. The second-order valence-electron chi connectivity index (χ2n) is 6.58. The third-order valence-corrected chi connectivity index (χ3v) is 5.34. The predicted molar refractivity (Wildman–Crippen MR) is 108 cm³/mol. The number of hydrogen-bond acceptors (Lipinski definition) is 6. The van der Waals surface area contributed by atoms with Crippen molar-refractivity contribution in [3.8, 4) is 0 Å². The maximum Gasteiger partial charge on any atom is 0.261 e. The molecule has 0 aromatic carbocycles. The molecule has 0 bridgehead atoms. The van der Waals surface area contributed by atoms with Gasteiger partial charge in [0.15, 0.2) is 0 Å². The van der Waals surface area contributed by atoms with E-state index in [1.807, 2.05) is 23.6 Å². The molecule has 3 heterocycles. The van der Waals surface area contributed by atoms with Crippen molar-refractivity contribution >= 4 is 34.7 Å². The van der Waals surface area contributed by atoms with E-state index in [-0.39, 0.29) is 11.8 Å². The van der Waals surface area contributed by atoms with E-state index in [9.17, 15) is 9.59 Å². The van der Waals surface area contributed by atoms with E-state index < -0.39 is 0 Å². The molecule has 1 saturated heterocycles. The van der Waals surface area contributed by atoms with Crippen LogP contribution in [0.4, 0.5) is 11.5 Å². The number of aromatic nitrogens is 1. The van der Waals surface area contributed by atoms with E-state index in [0.29, 0.717) is 30.0 Å². The first kappa shape index (κ1) is 19.3. The van der Waals surface area contributed by atoms with E-state index in [1.165, 1.54) is 11.3 Å². The summed E-state index contributed by atoms with van der Waals surface area (Å²) in [5.74, 6) is 0.779. The van der Waals surface area contributed by atoms with Crippen LogP contribution >= 0.6 is 11.3 Å². The number of pyridine rings is 1. The summed E-state index contributed by atoms with van der Waals surface area (Å²) in [4.78, 5) is 33.6. The molecular weight excluding hydrogens is 362 g/mol. The Hall–Kier alpha value is -2.45. The molecule has 27 heavy (non-hydrogen) atoms. The zero-order chi connectivity index (χ0) is 19.1. The minimum atomic E-state index is -0.0888. The van der Waals surface area contributed by atoms with Crippen molar-refractivity contribution in [3.05, 3.63) is 40.7 Å². The van der Waals surface area contributed by atoms with Gasteiger partial charge in [-0.3, -0.25) is 9.59 Å². The molecule has 144 valence electrons. The van der Waals surface area contributed by atoms with Crippen LogP contribution in [0.5, 0.6) is 0 Å².